The third kappa shape index (κ3) is 2.23. The molecule has 0 heterocycles. The minimum Gasteiger partial charge on any atom is -0.549 e. The van der Waals surface area contributed by atoms with Crippen LogP contribution in [-0.2, 0) is 15.0 Å². The standard InChI is InChI=1S/C14H17NO3/c1-10(16)15-12-7-8-14(9-12,13(17)18)11-5-3-2-4-6-11/h2-6,12H,7-9H2,1H3,(H,15,16)(H,17,18)/p-1/t12-,14+/m0/s1. The van der Waals surface area contributed by atoms with E-state index >= 15 is 0 Å². The second-order valence-corrected chi connectivity index (χ2v) is 4.88. The van der Waals surface area contributed by atoms with E-state index in [1.807, 2.05) is 30.3 Å². The molecule has 96 valence electrons. The molecule has 0 radical (unpaired) electrons. The minimum atomic E-state index is -1.05. The van der Waals surface area contributed by atoms with Crippen molar-refractivity contribution in [3.8, 4) is 0 Å². The average molecular weight is 246 g/mol. The summed E-state index contributed by atoms with van der Waals surface area (Å²) in [6.45, 7) is 1.45. The van der Waals surface area contributed by atoms with Crippen molar-refractivity contribution in [1.29, 1.82) is 0 Å². The van der Waals surface area contributed by atoms with Gasteiger partial charge in [-0.25, -0.2) is 0 Å². The number of benzene rings is 1. The summed E-state index contributed by atoms with van der Waals surface area (Å²) >= 11 is 0. The maximum atomic E-state index is 11.5. The van der Waals surface area contributed by atoms with Crippen molar-refractivity contribution in [3.63, 3.8) is 0 Å². The van der Waals surface area contributed by atoms with Gasteiger partial charge in [0.25, 0.3) is 0 Å². The van der Waals surface area contributed by atoms with Crippen LogP contribution in [0.2, 0.25) is 0 Å². The van der Waals surface area contributed by atoms with Crippen LogP contribution in [0.4, 0.5) is 0 Å². The molecule has 0 bridgehead atoms. The van der Waals surface area contributed by atoms with E-state index in [9.17, 15) is 14.7 Å². The van der Waals surface area contributed by atoms with E-state index in [-0.39, 0.29) is 11.9 Å². The van der Waals surface area contributed by atoms with Crippen molar-refractivity contribution in [1.82, 2.24) is 5.32 Å². The number of rotatable bonds is 3. The average Bonchev–Trinajstić information content (AvgIpc) is 2.74. The minimum absolute atomic E-state index is 0.0828. The first-order valence-electron chi connectivity index (χ1n) is 6.09. The van der Waals surface area contributed by atoms with Crippen LogP contribution in [0.25, 0.3) is 0 Å². The highest BCUT2D eigenvalue weighted by atomic mass is 16.4. The van der Waals surface area contributed by atoms with Crippen molar-refractivity contribution in [2.75, 3.05) is 0 Å². The Kier molecular flexibility index (Phi) is 3.36. The van der Waals surface area contributed by atoms with E-state index in [2.05, 4.69) is 5.32 Å². The van der Waals surface area contributed by atoms with Crippen molar-refractivity contribution in [2.24, 2.45) is 0 Å². The first-order chi connectivity index (χ1) is 8.54. The van der Waals surface area contributed by atoms with Gasteiger partial charge in [0.15, 0.2) is 0 Å². The smallest absolute Gasteiger partial charge is 0.217 e. The lowest BCUT2D eigenvalue weighted by molar-refractivity contribution is -0.313. The predicted octanol–water partition coefficient (Wildman–Crippen LogP) is 0.363. The van der Waals surface area contributed by atoms with Crippen LogP contribution in [0, 0.1) is 0 Å². The fourth-order valence-electron chi connectivity index (χ4n) is 2.78. The van der Waals surface area contributed by atoms with Gasteiger partial charge in [-0.1, -0.05) is 30.3 Å². The molecule has 0 unspecified atom stereocenters. The zero-order valence-electron chi connectivity index (χ0n) is 10.3. The molecule has 0 saturated heterocycles. The first kappa shape index (κ1) is 12.6. The number of carboxylic acids is 1. The number of carbonyl (C=O) groups excluding carboxylic acids is 2. The molecule has 4 heteroatoms. The zero-order chi connectivity index (χ0) is 13.2. The number of nitrogens with one attached hydrogen (secondary N) is 1. The van der Waals surface area contributed by atoms with Gasteiger partial charge in [-0.05, 0) is 24.8 Å². The van der Waals surface area contributed by atoms with Crippen LogP contribution >= 0.6 is 0 Å². The number of amides is 1. The fourth-order valence-corrected chi connectivity index (χ4v) is 2.78. The van der Waals surface area contributed by atoms with Gasteiger partial charge < -0.3 is 15.2 Å². The van der Waals surface area contributed by atoms with Gasteiger partial charge in [-0.2, -0.15) is 0 Å². The largest absolute Gasteiger partial charge is 0.549 e. The molecule has 1 aliphatic rings. The molecular weight excluding hydrogens is 230 g/mol. The van der Waals surface area contributed by atoms with E-state index in [0.717, 1.165) is 5.56 Å². The fraction of sp³-hybridized carbons (Fsp3) is 0.429. The lowest BCUT2D eigenvalue weighted by atomic mass is 9.79. The van der Waals surface area contributed by atoms with Crippen LogP contribution in [0.15, 0.2) is 30.3 Å². The molecule has 1 aromatic rings. The number of hydrogen-bond acceptors (Lipinski definition) is 3. The number of carbonyl (C=O) groups is 2. The van der Waals surface area contributed by atoms with E-state index in [1.54, 1.807) is 0 Å². The molecule has 1 amide bonds. The molecule has 0 aliphatic heterocycles. The summed E-state index contributed by atoms with van der Waals surface area (Å²) in [5.74, 6) is -1.18. The van der Waals surface area contributed by atoms with Gasteiger partial charge in [0.2, 0.25) is 5.91 Å². The quantitative estimate of drug-likeness (QED) is 0.837. The molecule has 4 nitrogen and oxygen atoms in total. The summed E-state index contributed by atoms with van der Waals surface area (Å²) in [7, 11) is 0. The highest BCUT2D eigenvalue weighted by Gasteiger charge is 2.42. The van der Waals surface area contributed by atoms with Crippen molar-refractivity contribution in [2.45, 2.75) is 37.6 Å². The molecule has 2 rings (SSSR count). The summed E-state index contributed by atoms with van der Waals surface area (Å²) in [5, 5.41) is 14.3. The number of carboxylic acid groups (broad SMARTS) is 1. The lowest BCUT2D eigenvalue weighted by Gasteiger charge is -2.31. The van der Waals surface area contributed by atoms with Gasteiger partial charge in [0.05, 0.1) is 5.97 Å². The molecule has 1 aliphatic carbocycles. The third-order valence-electron chi connectivity index (χ3n) is 3.64. The van der Waals surface area contributed by atoms with Gasteiger partial charge in [-0.15, -0.1) is 0 Å². The molecule has 1 fully saturated rings. The van der Waals surface area contributed by atoms with Gasteiger partial charge in [-0.3, -0.25) is 4.79 Å². The number of hydrogen-bond donors (Lipinski definition) is 1. The summed E-state index contributed by atoms with van der Waals surface area (Å²) < 4.78 is 0. The topological polar surface area (TPSA) is 69.2 Å². The second kappa shape index (κ2) is 4.80. The molecular formula is C14H16NO3-. The lowest BCUT2D eigenvalue weighted by Crippen LogP contribution is -2.45. The summed E-state index contributed by atoms with van der Waals surface area (Å²) in [4.78, 5) is 22.6. The van der Waals surface area contributed by atoms with Gasteiger partial charge >= 0.3 is 0 Å². The van der Waals surface area contributed by atoms with E-state index in [1.165, 1.54) is 6.92 Å². The molecule has 1 saturated carbocycles. The van der Waals surface area contributed by atoms with E-state index in [4.69, 9.17) is 0 Å². The second-order valence-electron chi connectivity index (χ2n) is 4.88. The van der Waals surface area contributed by atoms with Crippen LogP contribution in [0.3, 0.4) is 0 Å². The van der Waals surface area contributed by atoms with E-state index in [0.29, 0.717) is 19.3 Å². The van der Waals surface area contributed by atoms with Gasteiger partial charge in [0.1, 0.15) is 0 Å². The predicted molar refractivity (Wildman–Crippen MR) is 64.6 cm³/mol. The molecule has 1 N–H and O–H groups in total. The van der Waals surface area contributed by atoms with E-state index < -0.39 is 11.4 Å². The monoisotopic (exact) mass is 246 g/mol. The van der Waals surface area contributed by atoms with Crippen LogP contribution < -0.4 is 10.4 Å². The van der Waals surface area contributed by atoms with Crippen molar-refractivity contribution >= 4 is 11.9 Å². The Morgan fingerprint density at radius 2 is 2.00 bits per heavy atom. The first-order valence-corrected chi connectivity index (χ1v) is 6.09. The maximum absolute atomic E-state index is 11.5. The Hall–Kier alpha value is -1.84. The zero-order valence-corrected chi connectivity index (χ0v) is 10.3. The molecule has 0 aromatic heterocycles. The Balaban J connectivity index is 2.26. The van der Waals surface area contributed by atoms with Crippen LogP contribution in [0.5, 0.6) is 0 Å². The third-order valence-corrected chi connectivity index (χ3v) is 3.64. The molecule has 2 atom stereocenters. The summed E-state index contributed by atoms with van der Waals surface area (Å²) in [5.41, 5.74) is -0.202. The summed E-state index contributed by atoms with van der Waals surface area (Å²) in [6, 6.07) is 9.04. The normalized spacial score (nSPS) is 26.8. The maximum Gasteiger partial charge on any atom is 0.217 e. The van der Waals surface area contributed by atoms with Crippen molar-refractivity contribution in [3.05, 3.63) is 35.9 Å². The molecule has 1 aromatic carbocycles. The van der Waals surface area contributed by atoms with Crippen molar-refractivity contribution < 1.29 is 14.7 Å². The Labute approximate surface area is 106 Å². The molecule has 18 heavy (non-hydrogen) atoms. The van der Waals surface area contributed by atoms with Crippen LogP contribution in [-0.4, -0.2) is 17.9 Å². The van der Waals surface area contributed by atoms with Crippen LogP contribution in [0.1, 0.15) is 31.7 Å². The van der Waals surface area contributed by atoms with Gasteiger partial charge in [0, 0.05) is 18.4 Å². The highest BCUT2D eigenvalue weighted by Crippen LogP contribution is 2.40. The Morgan fingerprint density at radius 1 is 1.33 bits per heavy atom. The highest BCUT2D eigenvalue weighted by molar-refractivity contribution is 5.80. The Morgan fingerprint density at radius 3 is 2.56 bits per heavy atom. The SMILES string of the molecule is CC(=O)N[C@H]1CC[C@](C(=O)[O-])(c2ccccc2)C1. The Bertz CT molecular complexity index is 457. The summed E-state index contributed by atoms with van der Waals surface area (Å²) in [6.07, 6.45) is 1.58. The molecule has 0 spiro atoms. The number of aliphatic carboxylic acids is 1.